The highest BCUT2D eigenvalue weighted by molar-refractivity contribution is 5.49. The van der Waals surface area contributed by atoms with Crippen LogP contribution in [0, 0.1) is 0 Å². The number of rotatable bonds is 6. The Morgan fingerprint density at radius 1 is 1.11 bits per heavy atom. The van der Waals surface area contributed by atoms with Crippen molar-refractivity contribution in [2.75, 3.05) is 13.2 Å². The Morgan fingerprint density at radius 2 is 1.74 bits per heavy atom. The zero-order chi connectivity index (χ0) is 13.7. The predicted octanol–water partition coefficient (Wildman–Crippen LogP) is 3.63. The third kappa shape index (κ3) is 3.41. The van der Waals surface area contributed by atoms with E-state index in [-0.39, 0.29) is 6.10 Å². The molecule has 2 rings (SSSR count). The number of aliphatic hydroxyl groups is 1. The summed E-state index contributed by atoms with van der Waals surface area (Å²) in [6.07, 6.45) is 4.49. The number of hydrogen-bond donors (Lipinski definition) is 1. The van der Waals surface area contributed by atoms with E-state index in [0.29, 0.717) is 13.2 Å². The Morgan fingerprint density at radius 3 is 2.37 bits per heavy atom. The molecule has 3 heteroatoms. The molecule has 106 valence electrons. The fraction of sp³-hybridized carbons (Fsp3) is 0.625. The van der Waals surface area contributed by atoms with Gasteiger partial charge >= 0.3 is 0 Å². The van der Waals surface area contributed by atoms with E-state index in [9.17, 15) is 5.11 Å². The summed E-state index contributed by atoms with van der Waals surface area (Å²) in [5.41, 5.74) is 2.22. The summed E-state index contributed by atoms with van der Waals surface area (Å²) in [7, 11) is 0. The van der Waals surface area contributed by atoms with Crippen LogP contribution in [0.4, 0.5) is 0 Å². The van der Waals surface area contributed by atoms with Crippen molar-refractivity contribution in [2.24, 2.45) is 0 Å². The van der Waals surface area contributed by atoms with Gasteiger partial charge in [0, 0.05) is 0 Å². The molecule has 1 aromatic rings. The van der Waals surface area contributed by atoms with Crippen LogP contribution in [0.2, 0.25) is 0 Å². The lowest BCUT2D eigenvalue weighted by Crippen LogP contribution is -2.11. The average Bonchev–Trinajstić information content (AvgIpc) is 2.43. The Kier molecular flexibility index (Phi) is 5.08. The molecular formula is C16H24O3. The van der Waals surface area contributed by atoms with Crippen LogP contribution in [0.15, 0.2) is 12.1 Å². The number of benzene rings is 1. The summed E-state index contributed by atoms with van der Waals surface area (Å²) in [6.45, 7) is 5.55. The predicted molar refractivity (Wildman–Crippen MR) is 75.9 cm³/mol. The molecule has 0 bridgehead atoms. The van der Waals surface area contributed by atoms with Gasteiger partial charge in [-0.15, -0.1) is 0 Å². The normalized spacial score (nSPS) is 17.9. The summed E-state index contributed by atoms with van der Waals surface area (Å²) >= 11 is 0. The van der Waals surface area contributed by atoms with Crippen molar-refractivity contribution in [3.8, 4) is 11.5 Å². The maximum Gasteiger partial charge on any atom is 0.161 e. The van der Waals surface area contributed by atoms with Crippen LogP contribution in [0.3, 0.4) is 0 Å². The number of ether oxygens (including phenoxy) is 2. The van der Waals surface area contributed by atoms with E-state index < -0.39 is 0 Å². The highest BCUT2D eigenvalue weighted by Gasteiger charge is 2.21. The first-order valence-electron chi connectivity index (χ1n) is 7.36. The minimum absolute atomic E-state index is 0.354. The van der Waals surface area contributed by atoms with Crippen molar-refractivity contribution in [3.63, 3.8) is 0 Å². The van der Waals surface area contributed by atoms with Gasteiger partial charge in [0.05, 0.1) is 19.3 Å². The molecular weight excluding hydrogens is 240 g/mol. The van der Waals surface area contributed by atoms with Gasteiger partial charge in [-0.1, -0.05) is 13.8 Å². The Hall–Kier alpha value is -1.22. The van der Waals surface area contributed by atoms with Crippen molar-refractivity contribution < 1.29 is 14.6 Å². The molecule has 0 aromatic heterocycles. The lowest BCUT2D eigenvalue weighted by molar-refractivity contribution is 0.155. The van der Waals surface area contributed by atoms with E-state index in [1.165, 1.54) is 5.56 Å². The van der Waals surface area contributed by atoms with Crippen LogP contribution in [0.25, 0.3) is 0 Å². The van der Waals surface area contributed by atoms with Crippen molar-refractivity contribution >= 4 is 0 Å². The second-order valence-electron chi connectivity index (χ2n) is 5.10. The van der Waals surface area contributed by atoms with Gasteiger partial charge in [0.2, 0.25) is 0 Å². The van der Waals surface area contributed by atoms with Crippen LogP contribution in [0.5, 0.6) is 11.5 Å². The molecule has 0 radical (unpaired) electrons. The summed E-state index contributed by atoms with van der Waals surface area (Å²) in [4.78, 5) is 0. The Bertz CT molecular complexity index is 415. The molecule has 0 spiro atoms. The van der Waals surface area contributed by atoms with Gasteiger partial charge in [0.15, 0.2) is 11.5 Å². The van der Waals surface area contributed by atoms with Crippen LogP contribution in [0.1, 0.15) is 56.8 Å². The molecule has 0 aliphatic heterocycles. The largest absolute Gasteiger partial charge is 0.490 e. The molecule has 1 aliphatic carbocycles. The smallest absolute Gasteiger partial charge is 0.161 e. The van der Waals surface area contributed by atoms with Crippen LogP contribution in [-0.4, -0.2) is 18.3 Å². The third-order valence-electron chi connectivity index (χ3n) is 3.41. The molecule has 1 N–H and O–H groups in total. The summed E-state index contributed by atoms with van der Waals surface area (Å²) < 4.78 is 11.5. The van der Waals surface area contributed by atoms with Crippen molar-refractivity contribution in [2.45, 2.75) is 52.1 Å². The van der Waals surface area contributed by atoms with Crippen molar-refractivity contribution in [3.05, 3.63) is 23.3 Å². The van der Waals surface area contributed by atoms with Gasteiger partial charge < -0.3 is 14.6 Å². The maximum atomic E-state index is 10.1. The van der Waals surface area contributed by atoms with Gasteiger partial charge in [-0.25, -0.2) is 0 Å². The minimum atomic E-state index is -0.354. The number of aryl methyl sites for hydroxylation is 1. The van der Waals surface area contributed by atoms with Gasteiger partial charge in [0.25, 0.3) is 0 Å². The fourth-order valence-corrected chi connectivity index (χ4v) is 2.44. The highest BCUT2D eigenvalue weighted by Crippen LogP contribution is 2.38. The molecule has 0 saturated carbocycles. The number of fused-ring (bicyclic) bond motifs is 1. The summed E-state index contributed by atoms with van der Waals surface area (Å²) in [5.74, 6) is 1.60. The van der Waals surface area contributed by atoms with E-state index >= 15 is 0 Å². The monoisotopic (exact) mass is 264 g/mol. The molecule has 19 heavy (non-hydrogen) atoms. The number of aliphatic hydroxyl groups excluding tert-OH is 1. The zero-order valence-corrected chi connectivity index (χ0v) is 11.9. The molecule has 0 fully saturated rings. The van der Waals surface area contributed by atoms with E-state index in [4.69, 9.17) is 9.47 Å². The molecule has 1 aromatic carbocycles. The molecule has 1 aliphatic rings. The van der Waals surface area contributed by atoms with Crippen LogP contribution in [-0.2, 0) is 6.42 Å². The van der Waals surface area contributed by atoms with Gasteiger partial charge in [0.1, 0.15) is 0 Å². The standard InChI is InChI=1S/C16H24O3/c1-3-8-18-15-10-12-6-5-7-14(17)13(12)11-16(15)19-9-4-2/h10-11,14,17H,3-9H2,1-2H3/t14-/m0/s1. The Labute approximate surface area is 115 Å². The van der Waals surface area contributed by atoms with Crippen molar-refractivity contribution in [1.82, 2.24) is 0 Å². The summed E-state index contributed by atoms with van der Waals surface area (Å²) in [6, 6.07) is 4.03. The fourth-order valence-electron chi connectivity index (χ4n) is 2.44. The van der Waals surface area contributed by atoms with Crippen LogP contribution < -0.4 is 9.47 Å². The first-order chi connectivity index (χ1) is 9.26. The Balaban J connectivity index is 2.28. The average molecular weight is 264 g/mol. The van der Waals surface area contributed by atoms with E-state index in [1.54, 1.807) is 0 Å². The second kappa shape index (κ2) is 6.80. The first kappa shape index (κ1) is 14.2. The quantitative estimate of drug-likeness (QED) is 0.852. The molecule has 0 amide bonds. The maximum absolute atomic E-state index is 10.1. The molecule has 3 nitrogen and oxygen atoms in total. The van der Waals surface area contributed by atoms with E-state index in [1.807, 2.05) is 6.07 Å². The second-order valence-corrected chi connectivity index (χ2v) is 5.10. The summed E-state index contributed by atoms with van der Waals surface area (Å²) in [5, 5.41) is 10.1. The lowest BCUT2D eigenvalue weighted by Gasteiger charge is -2.24. The third-order valence-corrected chi connectivity index (χ3v) is 3.41. The van der Waals surface area contributed by atoms with Crippen LogP contribution >= 0.6 is 0 Å². The number of hydrogen-bond acceptors (Lipinski definition) is 3. The van der Waals surface area contributed by atoms with Gasteiger partial charge in [-0.2, -0.15) is 0 Å². The molecule has 0 heterocycles. The van der Waals surface area contributed by atoms with E-state index in [2.05, 4.69) is 19.9 Å². The van der Waals surface area contributed by atoms with Gasteiger partial charge in [-0.05, 0) is 55.4 Å². The first-order valence-corrected chi connectivity index (χ1v) is 7.36. The topological polar surface area (TPSA) is 38.7 Å². The zero-order valence-electron chi connectivity index (χ0n) is 11.9. The molecule has 0 unspecified atom stereocenters. The molecule has 1 atom stereocenters. The molecule has 0 saturated heterocycles. The minimum Gasteiger partial charge on any atom is -0.490 e. The highest BCUT2D eigenvalue weighted by atomic mass is 16.5. The van der Waals surface area contributed by atoms with Gasteiger partial charge in [-0.3, -0.25) is 0 Å². The SMILES string of the molecule is CCCOc1cc2c(cc1OCCC)[C@@H](O)CCC2. The van der Waals surface area contributed by atoms with E-state index in [0.717, 1.165) is 49.2 Å². The lowest BCUT2D eigenvalue weighted by atomic mass is 9.89. The van der Waals surface area contributed by atoms with Crippen molar-refractivity contribution in [1.29, 1.82) is 0 Å².